The van der Waals surface area contributed by atoms with Crippen molar-refractivity contribution in [2.75, 3.05) is 32.2 Å². The van der Waals surface area contributed by atoms with Gasteiger partial charge in [0.25, 0.3) is 5.91 Å². The van der Waals surface area contributed by atoms with Crippen LogP contribution in [0.2, 0.25) is 0 Å². The van der Waals surface area contributed by atoms with Crippen molar-refractivity contribution in [2.24, 2.45) is 5.92 Å². The Morgan fingerprint density at radius 2 is 1.79 bits per heavy atom. The highest BCUT2D eigenvalue weighted by Gasteiger charge is 2.13. The molecule has 0 spiro atoms. The molecule has 0 radical (unpaired) electrons. The summed E-state index contributed by atoms with van der Waals surface area (Å²) in [4.78, 5) is 12.5. The minimum Gasteiger partial charge on any atom is -0.494 e. The smallest absolute Gasteiger partial charge is 0.257 e. The Kier molecular flexibility index (Phi) is 10.4. The summed E-state index contributed by atoms with van der Waals surface area (Å²) in [5.41, 5.74) is 1.25. The van der Waals surface area contributed by atoms with Gasteiger partial charge in [0, 0.05) is 18.4 Å². The summed E-state index contributed by atoms with van der Waals surface area (Å²) in [6.45, 7) is 1.67. The molecule has 178 valence electrons. The number of carbonyl (C=O) groups is 1. The second kappa shape index (κ2) is 13.5. The fourth-order valence-corrected chi connectivity index (χ4v) is 4.49. The molecule has 1 fully saturated rings. The van der Waals surface area contributed by atoms with Crippen LogP contribution in [0, 0.1) is 5.92 Å². The fourth-order valence-electron chi connectivity index (χ4n) is 3.79. The molecule has 0 bridgehead atoms. The van der Waals surface area contributed by atoms with Crippen LogP contribution in [-0.4, -0.2) is 38.0 Å². The Labute approximate surface area is 209 Å². The highest BCUT2D eigenvalue weighted by molar-refractivity contribution is 9.10. The molecular formula is C25H31BrN2O4S. The molecular weight excluding hydrogens is 504 g/mol. The molecule has 2 aromatic rings. The quantitative estimate of drug-likeness (QED) is 0.290. The van der Waals surface area contributed by atoms with Crippen LogP contribution in [0.3, 0.4) is 0 Å². The van der Waals surface area contributed by atoms with E-state index in [2.05, 4.69) is 26.6 Å². The number of thiocarbonyl (C=S) groups is 1. The number of halogens is 1. The van der Waals surface area contributed by atoms with E-state index in [-0.39, 0.29) is 11.0 Å². The normalized spacial score (nSPS) is 13.9. The largest absolute Gasteiger partial charge is 0.494 e. The average molecular weight is 536 g/mol. The number of ether oxygens (including phenoxy) is 3. The monoisotopic (exact) mass is 534 g/mol. The molecule has 0 aliphatic heterocycles. The first-order chi connectivity index (χ1) is 16.0. The van der Waals surface area contributed by atoms with Gasteiger partial charge in [0.05, 0.1) is 17.7 Å². The number of hydrogen-bond donors (Lipinski definition) is 2. The van der Waals surface area contributed by atoms with Crippen LogP contribution in [0.4, 0.5) is 5.69 Å². The van der Waals surface area contributed by atoms with Gasteiger partial charge in [-0.05, 0) is 83.0 Å². The fraction of sp³-hybridized carbons (Fsp3) is 0.440. The predicted octanol–water partition coefficient (Wildman–Crippen LogP) is 5.95. The third-order valence-electron chi connectivity index (χ3n) is 5.60. The zero-order valence-electron chi connectivity index (χ0n) is 18.9. The standard InChI is InChI=1S/C25H31BrN2O4S/c1-30-15-16-32-23-12-7-19(17-22(23)26)24(29)28-25(33)27-20-8-10-21(11-9-20)31-14-13-18-5-3-2-4-6-18/h7-12,17-18H,2-6,13-16H2,1H3,(H2,27,28,29,33). The molecule has 0 heterocycles. The average Bonchev–Trinajstić information content (AvgIpc) is 2.82. The molecule has 2 N–H and O–H groups in total. The van der Waals surface area contributed by atoms with Gasteiger partial charge in [-0.1, -0.05) is 32.1 Å². The van der Waals surface area contributed by atoms with E-state index in [1.165, 1.54) is 32.1 Å². The van der Waals surface area contributed by atoms with Crippen molar-refractivity contribution in [3.05, 3.63) is 52.5 Å². The molecule has 0 saturated heterocycles. The molecule has 6 nitrogen and oxygen atoms in total. The van der Waals surface area contributed by atoms with Gasteiger partial charge in [-0.15, -0.1) is 0 Å². The number of nitrogens with one attached hydrogen (secondary N) is 2. The van der Waals surface area contributed by atoms with Crippen molar-refractivity contribution in [1.82, 2.24) is 5.32 Å². The van der Waals surface area contributed by atoms with Gasteiger partial charge in [-0.3, -0.25) is 10.1 Å². The van der Waals surface area contributed by atoms with Crippen molar-refractivity contribution in [1.29, 1.82) is 0 Å². The number of anilines is 1. The van der Waals surface area contributed by atoms with E-state index in [4.69, 9.17) is 26.4 Å². The van der Waals surface area contributed by atoms with Crippen LogP contribution >= 0.6 is 28.1 Å². The van der Waals surface area contributed by atoms with Gasteiger partial charge in [-0.2, -0.15) is 0 Å². The van der Waals surface area contributed by atoms with E-state index in [0.29, 0.717) is 29.0 Å². The van der Waals surface area contributed by atoms with E-state index in [0.717, 1.165) is 30.4 Å². The molecule has 1 aliphatic rings. The number of hydrogen-bond acceptors (Lipinski definition) is 5. The lowest BCUT2D eigenvalue weighted by atomic mass is 9.87. The van der Waals surface area contributed by atoms with Gasteiger partial charge in [0.2, 0.25) is 0 Å². The van der Waals surface area contributed by atoms with Gasteiger partial charge in [-0.25, -0.2) is 0 Å². The topological polar surface area (TPSA) is 68.8 Å². The summed E-state index contributed by atoms with van der Waals surface area (Å²) in [5, 5.41) is 5.95. The molecule has 33 heavy (non-hydrogen) atoms. The highest BCUT2D eigenvalue weighted by atomic mass is 79.9. The maximum absolute atomic E-state index is 12.5. The summed E-state index contributed by atoms with van der Waals surface area (Å²) in [6, 6.07) is 12.7. The van der Waals surface area contributed by atoms with Crippen LogP contribution in [0.25, 0.3) is 0 Å². The summed E-state index contributed by atoms with van der Waals surface area (Å²) >= 11 is 8.72. The van der Waals surface area contributed by atoms with Gasteiger partial charge >= 0.3 is 0 Å². The minimum absolute atomic E-state index is 0.225. The van der Waals surface area contributed by atoms with Crippen LogP contribution in [0.1, 0.15) is 48.9 Å². The first kappa shape index (κ1) is 25.5. The Hall–Kier alpha value is -2.16. The zero-order chi connectivity index (χ0) is 23.5. The van der Waals surface area contributed by atoms with Crippen molar-refractivity contribution in [3.63, 3.8) is 0 Å². The third kappa shape index (κ3) is 8.61. The van der Waals surface area contributed by atoms with E-state index in [9.17, 15) is 4.79 Å². The predicted molar refractivity (Wildman–Crippen MR) is 138 cm³/mol. The van der Waals surface area contributed by atoms with Crippen molar-refractivity contribution in [2.45, 2.75) is 38.5 Å². The molecule has 1 saturated carbocycles. The number of carbonyl (C=O) groups excluding carboxylic acids is 1. The second-order valence-corrected chi connectivity index (χ2v) is 9.32. The first-order valence-corrected chi connectivity index (χ1v) is 12.5. The van der Waals surface area contributed by atoms with E-state index in [1.54, 1.807) is 25.3 Å². The van der Waals surface area contributed by atoms with E-state index >= 15 is 0 Å². The number of amides is 1. The molecule has 8 heteroatoms. The Balaban J connectivity index is 1.43. The van der Waals surface area contributed by atoms with Crippen molar-refractivity contribution < 1.29 is 19.0 Å². The molecule has 0 aromatic heterocycles. The highest BCUT2D eigenvalue weighted by Crippen LogP contribution is 2.27. The van der Waals surface area contributed by atoms with Crippen molar-refractivity contribution >= 4 is 44.9 Å². The molecule has 1 aliphatic carbocycles. The van der Waals surface area contributed by atoms with Gasteiger partial charge in [0.1, 0.15) is 18.1 Å². The maximum atomic E-state index is 12.5. The molecule has 1 amide bonds. The lowest BCUT2D eigenvalue weighted by molar-refractivity contribution is 0.0977. The number of benzene rings is 2. The van der Waals surface area contributed by atoms with E-state index in [1.807, 2.05) is 24.3 Å². The lowest BCUT2D eigenvalue weighted by Crippen LogP contribution is -2.34. The second-order valence-electron chi connectivity index (χ2n) is 8.06. The van der Waals surface area contributed by atoms with E-state index < -0.39 is 0 Å². The minimum atomic E-state index is -0.306. The van der Waals surface area contributed by atoms with Crippen LogP contribution in [-0.2, 0) is 4.74 Å². The van der Waals surface area contributed by atoms with Crippen molar-refractivity contribution in [3.8, 4) is 11.5 Å². The number of methoxy groups -OCH3 is 1. The third-order valence-corrected chi connectivity index (χ3v) is 6.42. The number of rotatable bonds is 10. The molecule has 0 atom stereocenters. The Morgan fingerprint density at radius 1 is 1.03 bits per heavy atom. The molecule has 3 rings (SSSR count). The van der Waals surface area contributed by atoms with Crippen LogP contribution in [0.5, 0.6) is 11.5 Å². The lowest BCUT2D eigenvalue weighted by Gasteiger charge is -2.21. The Morgan fingerprint density at radius 3 is 2.48 bits per heavy atom. The zero-order valence-corrected chi connectivity index (χ0v) is 21.3. The van der Waals surface area contributed by atoms with Crippen LogP contribution < -0.4 is 20.1 Å². The molecule has 2 aromatic carbocycles. The first-order valence-electron chi connectivity index (χ1n) is 11.3. The maximum Gasteiger partial charge on any atom is 0.257 e. The van der Waals surface area contributed by atoms with Gasteiger partial charge in [0.15, 0.2) is 5.11 Å². The summed E-state index contributed by atoms with van der Waals surface area (Å²) in [7, 11) is 1.61. The van der Waals surface area contributed by atoms with Crippen LogP contribution in [0.15, 0.2) is 46.9 Å². The molecule has 0 unspecified atom stereocenters. The summed E-state index contributed by atoms with van der Waals surface area (Å²) in [6.07, 6.45) is 7.87. The Bertz CT molecular complexity index is 917. The van der Waals surface area contributed by atoms with Gasteiger partial charge < -0.3 is 19.5 Å². The summed E-state index contributed by atoms with van der Waals surface area (Å²) in [5.74, 6) is 1.98. The SMILES string of the molecule is COCCOc1ccc(C(=O)NC(=S)Nc2ccc(OCCC3CCCCC3)cc2)cc1Br. The summed E-state index contributed by atoms with van der Waals surface area (Å²) < 4.78 is 17.1.